The molecule has 2 saturated heterocycles. The third-order valence-corrected chi connectivity index (χ3v) is 2.93. The Morgan fingerprint density at radius 2 is 2.50 bits per heavy atom. The van der Waals surface area contributed by atoms with Crippen LogP contribution in [-0.2, 0) is 4.74 Å². The molecule has 0 bridgehead atoms. The van der Waals surface area contributed by atoms with E-state index in [9.17, 15) is 0 Å². The molecule has 0 amide bonds. The molecule has 0 radical (unpaired) electrons. The van der Waals surface area contributed by atoms with Gasteiger partial charge < -0.3 is 15.0 Å². The Hall–Kier alpha value is -0.120. The number of fused-ring (bicyclic) bond motifs is 1. The molecular formula is C9H18N2O. The molecule has 2 atom stereocenters. The van der Waals surface area contributed by atoms with Crippen LogP contribution in [0, 0.1) is 0 Å². The van der Waals surface area contributed by atoms with Crippen LogP contribution in [0.25, 0.3) is 0 Å². The topological polar surface area (TPSA) is 24.5 Å². The maximum atomic E-state index is 5.71. The summed E-state index contributed by atoms with van der Waals surface area (Å²) in [5.74, 6) is 0. The summed E-state index contributed by atoms with van der Waals surface area (Å²) in [5, 5.41) is 3.51. The number of piperidine rings is 1. The van der Waals surface area contributed by atoms with Crippen LogP contribution >= 0.6 is 0 Å². The molecule has 0 aliphatic carbocycles. The SMILES string of the molecule is CCN1CC[C@H]2NCCO[C@@H]2C1. The smallest absolute Gasteiger partial charge is 0.0855 e. The summed E-state index contributed by atoms with van der Waals surface area (Å²) in [6.07, 6.45) is 1.70. The van der Waals surface area contributed by atoms with Crippen LogP contribution in [0.3, 0.4) is 0 Å². The van der Waals surface area contributed by atoms with Crippen molar-refractivity contribution in [2.45, 2.75) is 25.5 Å². The van der Waals surface area contributed by atoms with Gasteiger partial charge in [0, 0.05) is 19.1 Å². The first-order valence-electron chi connectivity index (χ1n) is 4.97. The second-order valence-corrected chi connectivity index (χ2v) is 3.65. The molecule has 0 aromatic rings. The van der Waals surface area contributed by atoms with Gasteiger partial charge in [-0.3, -0.25) is 0 Å². The van der Waals surface area contributed by atoms with Crippen LogP contribution in [-0.4, -0.2) is 49.8 Å². The van der Waals surface area contributed by atoms with Gasteiger partial charge >= 0.3 is 0 Å². The lowest BCUT2D eigenvalue weighted by Gasteiger charge is -2.41. The molecule has 2 aliphatic rings. The van der Waals surface area contributed by atoms with Gasteiger partial charge in [-0.25, -0.2) is 0 Å². The summed E-state index contributed by atoms with van der Waals surface area (Å²) >= 11 is 0. The Morgan fingerprint density at radius 3 is 3.33 bits per heavy atom. The highest BCUT2D eigenvalue weighted by Gasteiger charge is 2.30. The molecule has 2 heterocycles. The molecule has 2 aliphatic heterocycles. The first-order chi connectivity index (χ1) is 5.90. The van der Waals surface area contributed by atoms with Gasteiger partial charge in [0.25, 0.3) is 0 Å². The Morgan fingerprint density at radius 1 is 1.58 bits per heavy atom. The predicted octanol–water partition coefficient (Wildman–Crippen LogP) is 0.0690. The van der Waals surface area contributed by atoms with Crippen LogP contribution in [0.5, 0.6) is 0 Å². The fourth-order valence-electron chi connectivity index (χ4n) is 2.12. The van der Waals surface area contributed by atoms with Gasteiger partial charge in [-0.15, -0.1) is 0 Å². The lowest BCUT2D eigenvalue weighted by molar-refractivity contribution is -0.0459. The summed E-state index contributed by atoms with van der Waals surface area (Å²) in [6.45, 7) is 7.65. The minimum Gasteiger partial charge on any atom is -0.374 e. The molecule has 0 aromatic carbocycles. The summed E-state index contributed by atoms with van der Waals surface area (Å²) in [4.78, 5) is 2.47. The highest BCUT2D eigenvalue weighted by Crippen LogP contribution is 2.15. The van der Waals surface area contributed by atoms with Crippen molar-refractivity contribution in [3.8, 4) is 0 Å². The molecule has 70 valence electrons. The van der Waals surface area contributed by atoms with Gasteiger partial charge in [-0.05, 0) is 19.5 Å². The number of likely N-dealkylation sites (N-methyl/N-ethyl adjacent to an activating group) is 1. The van der Waals surface area contributed by atoms with Gasteiger partial charge in [0.05, 0.1) is 12.7 Å². The lowest BCUT2D eigenvalue weighted by atomic mass is 10.0. The van der Waals surface area contributed by atoms with E-state index in [0.717, 1.165) is 26.2 Å². The summed E-state index contributed by atoms with van der Waals surface area (Å²) in [5.41, 5.74) is 0. The average Bonchev–Trinajstić information content (AvgIpc) is 2.17. The minimum atomic E-state index is 0.451. The van der Waals surface area contributed by atoms with Crippen molar-refractivity contribution in [2.75, 3.05) is 32.8 Å². The van der Waals surface area contributed by atoms with Crippen LogP contribution < -0.4 is 5.32 Å². The number of hydrogen-bond donors (Lipinski definition) is 1. The largest absolute Gasteiger partial charge is 0.374 e. The van der Waals surface area contributed by atoms with Gasteiger partial charge in [0.1, 0.15) is 0 Å². The van der Waals surface area contributed by atoms with Crippen molar-refractivity contribution in [1.29, 1.82) is 0 Å². The molecule has 12 heavy (non-hydrogen) atoms. The minimum absolute atomic E-state index is 0.451. The molecule has 0 aromatic heterocycles. The van der Waals surface area contributed by atoms with E-state index in [1.807, 2.05) is 0 Å². The molecule has 0 spiro atoms. The highest BCUT2D eigenvalue weighted by molar-refractivity contribution is 4.88. The standard InChI is InChI=1S/C9H18N2O/c1-2-11-5-3-8-9(7-11)12-6-4-10-8/h8-10H,2-7H2,1H3/t8-,9-/m1/s1. The van der Waals surface area contributed by atoms with Crippen LogP contribution in [0.15, 0.2) is 0 Å². The van der Waals surface area contributed by atoms with Gasteiger partial charge in [-0.2, -0.15) is 0 Å². The number of rotatable bonds is 1. The van der Waals surface area contributed by atoms with Crippen molar-refractivity contribution >= 4 is 0 Å². The zero-order valence-electron chi connectivity index (χ0n) is 7.75. The maximum absolute atomic E-state index is 5.71. The number of hydrogen-bond acceptors (Lipinski definition) is 3. The Bertz CT molecular complexity index is 151. The number of nitrogens with one attached hydrogen (secondary N) is 1. The van der Waals surface area contributed by atoms with Crippen LogP contribution in [0.2, 0.25) is 0 Å². The van der Waals surface area contributed by atoms with E-state index >= 15 is 0 Å². The number of ether oxygens (including phenoxy) is 1. The first kappa shape index (κ1) is 8.48. The van der Waals surface area contributed by atoms with Crippen molar-refractivity contribution in [3.05, 3.63) is 0 Å². The molecule has 1 N–H and O–H groups in total. The third-order valence-electron chi connectivity index (χ3n) is 2.93. The zero-order chi connectivity index (χ0) is 8.39. The summed E-state index contributed by atoms with van der Waals surface area (Å²) in [6, 6.07) is 0.626. The summed E-state index contributed by atoms with van der Waals surface area (Å²) in [7, 11) is 0. The van der Waals surface area contributed by atoms with Crippen LogP contribution in [0.1, 0.15) is 13.3 Å². The van der Waals surface area contributed by atoms with Crippen molar-refractivity contribution < 1.29 is 4.74 Å². The normalized spacial score (nSPS) is 37.8. The quantitative estimate of drug-likeness (QED) is 0.602. The predicted molar refractivity (Wildman–Crippen MR) is 48.3 cm³/mol. The molecule has 2 rings (SSSR count). The van der Waals surface area contributed by atoms with Crippen molar-refractivity contribution in [1.82, 2.24) is 10.2 Å². The van der Waals surface area contributed by atoms with E-state index in [-0.39, 0.29) is 0 Å². The second-order valence-electron chi connectivity index (χ2n) is 3.65. The summed E-state index contributed by atoms with van der Waals surface area (Å²) < 4.78 is 5.71. The molecule has 0 saturated carbocycles. The maximum Gasteiger partial charge on any atom is 0.0855 e. The monoisotopic (exact) mass is 170 g/mol. The molecule has 2 fully saturated rings. The Labute approximate surface area is 74.1 Å². The van der Waals surface area contributed by atoms with Crippen molar-refractivity contribution in [3.63, 3.8) is 0 Å². The second kappa shape index (κ2) is 3.73. The third kappa shape index (κ3) is 1.63. The van der Waals surface area contributed by atoms with Gasteiger partial charge in [0.15, 0.2) is 0 Å². The number of nitrogens with zero attached hydrogens (tertiary/aromatic N) is 1. The van der Waals surface area contributed by atoms with Crippen LogP contribution in [0.4, 0.5) is 0 Å². The highest BCUT2D eigenvalue weighted by atomic mass is 16.5. The van der Waals surface area contributed by atoms with E-state index < -0.39 is 0 Å². The van der Waals surface area contributed by atoms with Gasteiger partial charge in [0.2, 0.25) is 0 Å². The molecular weight excluding hydrogens is 152 g/mol. The molecule has 0 unspecified atom stereocenters. The van der Waals surface area contributed by atoms with E-state index in [0.29, 0.717) is 12.1 Å². The van der Waals surface area contributed by atoms with E-state index in [4.69, 9.17) is 4.74 Å². The molecule has 3 nitrogen and oxygen atoms in total. The molecule has 3 heteroatoms. The fourth-order valence-corrected chi connectivity index (χ4v) is 2.12. The zero-order valence-corrected chi connectivity index (χ0v) is 7.75. The first-order valence-corrected chi connectivity index (χ1v) is 4.97. The number of likely N-dealkylation sites (tertiary alicyclic amines) is 1. The lowest BCUT2D eigenvalue weighted by Crippen LogP contribution is -2.57. The van der Waals surface area contributed by atoms with E-state index in [2.05, 4.69) is 17.1 Å². The van der Waals surface area contributed by atoms with E-state index in [1.165, 1.54) is 13.0 Å². The number of morpholine rings is 1. The fraction of sp³-hybridized carbons (Fsp3) is 1.00. The van der Waals surface area contributed by atoms with Crippen molar-refractivity contribution in [2.24, 2.45) is 0 Å². The van der Waals surface area contributed by atoms with Gasteiger partial charge in [-0.1, -0.05) is 6.92 Å². The van der Waals surface area contributed by atoms with E-state index in [1.54, 1.807) is 0 Å². The Kier molecular flexibility index (Phi) is 2.63. The Balaban J connectivity index is 1.90. The average molecular weight is 170 g/mol.